The summed E-state index contributed by atoms with van der Waals surface area (Å²) in [6, 6.07) is 9.72. The van der Waals surface area contributed by atoms with Crippen LogP contribution >= 0.6 is 0 Å². The van der Waals surface area contributed by atoms with Crippen molar-refractivity contribution in [1.29, 1.82) is 0 Å². The van der Waals surface area contributed by atoms with Crippen molar-refractivity contribution in [1.82, 2.24) is 29.2 Å². The lowest BCUT2D eigenvalue weighted by Crippen LogP contribution is -2.35. The smallest absolute Gasteiger partial charge is 0.334 e. The van der Waals surface area contributed by atoms with Gasteiger partial charge in [0.1, 0.15) is 11.6 Å². The summed E-state index contributed by atoms with van der Waals surface area (Å²) >= 11 is 0. The van der Waals surface area contributed by atoms with Crippen LogP contribution in [0, 0.1) is 6.92 Å². The Labute approximate surface area is 152 Å². The topological polar surface area (TPSA) is 71.7 Å². The predicted molar refractivity (Wildman–Crippen MR) is 99.4 cm³/mol. The van der Waals surface area contributed by atoms with Crippen molar-refractivity contribution in [2.75, 3.05) is 13.1 Å². The van der Waals surface area contributed by atoms with Gasteiger partial charge in [0, 0.05) is 32.3 Å². The van der Waals surface area contributed by atoms with E-state index in [-0.39, 0.29) is 11.6 Å². The van der Waals surface area contributed by atoms with Gasteiger partial charge in [-0.3, -0.25) is 4.90 Å². The molecule has 3 aromatic rings. The third-order valence-corrected chi connectivity index (χ3v) is 5.29. The van der Waals surface area contributed by atoms with Crippen LogP contribution in [-0.4, -0.2) is 42.3 Å². The first-order chi connectivity index (χ1) is 12.6. The molecule has 1 aliphatic heterocycles. The van der Waals surface area contributed by atoms with E-state index in [1.54, 1.807) is 4.57 Å². The van der Waals surface area contributed by atoms with Gasteiger partial charge in [0.15, 0.2) is 0 Å². The van der Waals surface area contributed by atoms with Gasteiger partial charge < -0.3 is 4.57 Å². The molecule has 7 heteroatoms. The molecule has 4 rings (SSSR count). The lowest BCUT2D eigenvalue weighted by Gasteiger charge is -2.32. The summed E-state index contributed by atoms with van der Waals surface area (Å²) in [5.74, 6) is 2.09. The molecule has 0 amide bonds. The van der Waals surface area contributed by atoms with Crippen molar-refractivity contribution in [3.8, 4) is 5.69 Å². The highest BCUT2D eigenvalue weighted by Crippen LogP contribution is 2.27. The highest BCUT2D eigenvalue weighted by atomic mass is 16.1. The Morgan fingerprint density at radius 1 is 1.27 bits per heavy atom. The molecule has 0 spiro atoms. The minimum Gasteiger partial charge on any atom is -0.334 e. The minimum absolute atomic E-state index is 0.175. The maximum absolute atomic E-state index is 12.3. The third kappa shape index (κ3) is 3.10. The number of nitrogens with one attached hydrogen (secondary N) is 1. The molecule has 136 valence electrons. The van der Waals surface area contributed by atoms with E-state index in [1.807, 2.05) is 43.5 Å². The number of H-pyrrole nitrogens is 1. The van der Waals surface area contributed by atoms with Crippen LogP contribution in [0.5, 0.6) is 0 Å². The summed E-state index contributed by atoms with van der Waals surface area (Å²) in [4.78, 5) is 19.1. The van der Waals surface area contributed by atoms with Gasteiger partial charge in [-0.15, -0.1) is 0 Å². The van der Waals surface area contributed by atoms with Gasteiger partial charge in [-0.2, -0.15) is 5.10 Å². The second kappa shape index (κ2) is 6.92. The zero-order chi connectivity index (χ0) is 18.1. The maximum atomic E-state index is 12.3. The third-order valence-electron chi connectivity index (χ3n) is 5.29. The number of benzene rings is 1. The lowest BCUT2D eigenvalue weighted by atomic mass is 9.97. The van der Waals surface area contributed by atoms with Gasteiger partial charge in [0.25, 0.3) is 0 Å². The van der Waals surface area contributed by atoms with Crippen LogP contribution in [0.1, 0.15) is 36.1 Å². The van der Waals surface area contributed by atoms with Crippen molar-refractivity contribution in [2.24, 2.45) is 7.05 Å². The minimum atomic E-state index is -0.175. The molecule has 0 aliphatic carbocycles. The monoisotopic (exact) mass is 352 g/mol. The highest BCUT2D eigenvalue weighted by Gasteiger charge is 2.27. The molecule has 1 aromatic carbocycles. The summed E-state index contributed by atoms with van der Waals surface area (Å²) in [5, 5.41) is 6.99. The summed E-state index contributed by atoms with van der Waals surface area (Å²) in [7, 11) is 2.06. The van der Waals surface area contributed by atoms with Crippen molar-refractivity contribution >= 4 is 0 Å². The van der Waals surface area contributed by atoms with Crippen LogP contribution in [0.2, 0.25) is 0 Å². The highest BCUT2D eigenvalue weighted by molar-refractivity contribution is 5.32. The van der Waals surface area contributed by atoms with Crippen LogP contribution in [0.3, 0.4) is 0 Å². The number of aryl methyl sites for hydroxylation is 1. The molecule has 1 aliphatic rings. The SMILES string of the molecule is Cc1ncc(CN2CCCC(c3n[nH]c(=O)n3-c3ccccc3)C2)n1C. The molecule has 0 radical (unpaired) electrons. The van der Waals surface area contributed by atoms with Crippen LogP contribution in [0.4, 0.5) is 0 Å². The van der Waals surface area contributed by atoms with Gasteiger partial charge in [-0.25, -0.2) is 19.4 Å². The second-order valence-corrected chi connectivity index (χ2v) is 6.99. The summed E-state index contributed by atoms with van der Waals surface area (Å²) in [5.41, 5.74) is 1.90. The Kier molecular flexibility index (Phi) is 4.46. The Morgan fingerprint density at radius 2 is 2.08 bits per heavy atom. The van der Waals surface area contributed by atoms with E-state index in [0.717, 1.165) is 49.8 Å². The Bertz CT molecular complexity index is 939. The number of rotatable bonds is 4. The molecule has 1 fully saturated rings. The van der Waals surface area contributed by atoms with Crippen LogP contribution in [0.15, 0.2) is 41.3 Å². The quantitative estimate of drug-likeness (QED) is 0.779. The Hall–Kier alpha value is -2.67. The number of aromatic amines is 1. The van der Waals surface area contributed by atoms with E-state index >= 15 is 0 Å². The summed E-state index contributed by atoms with van der Waals surface area (Å²) in [6.45, 7) is 4.83. The molecular weight excluding hydrogens is 328 g/mol. The van der Waals surface area contributed by atoms with Crippen LogP contribution < -0.4 is 5.69 Å². The predicted octanol–water partition coefficient (Wildman–Crippen LogP) is 1.98. The molecule has 26 heavy (non-hydrogen) atoms. The zero-order valence-electron chi connectivity index (χ0n) is 15.2. The van der Waals surface area contributed by atoms with Gasteiger partial charge in [-0.1, -0.05) is 18.2 Å². The van der Waals surface area contributed by atoms with Gasteiger partial charge in [0.05, 0.1) is 11.4 Å². The Morgan fingerprint density at radius 3 is 2.81 bits per heavy atom. The van der Waals surface area contributed by atoms with Crippen molar-refractivity contribution in [3.05, 3.63) is 64.4 Å². The van der Waals surface area contributed by atoms with Crippen molar-refractivity contribution < 1.29 is 0 Å². The number of nitrogens with zero attached hydrogens (tertiary/aromatic N) is 5. The molecule has 0 bridgehead atoms. The first kappa shape index (κ1) is 16.8. The fourth-order valence-electron chi connectivity index (χ4n) is 3.74. The summed E-state index contributed by atoms with van der Waals surface area (Å²) < 4.78 is 3.85. The van der Waals surface area contributed by atoms with E-state index in [4.69, 9.17) is 0 Å². The number of likely N-dealkylation sites (tertiary alicyclic amines) is 1. The average molecular weight is 352 g/mol. The fourth-order valence-corrected chi connectivity index (χ4v) is 3.74. The standard InChI is InChI=1S/C19H24N6O/c1-14-20-11-17(23(14)2)13-24-10-6-7-15(12-24)18-21-22-19(26)25(18)16-8-4-3-5-9-16/h3-5,8-9,11,15H,6-7,10,12-13H2,1-2H3,(H,22,26). The normalized spacial score (nSPS) is 18.3. The molecule has 1 saturated heterocycles. The van der Waals surface area contributed by atoms with E-state index in [1.165, 1.54) is 5.69 Å². The zero-order valence-corrected chi connectivity index (χ0v) is 15.2. The van der Waals surface area contributed by atoms with E-state index in [2.05, 4.69) is 31.7 Å². The van der Waals surface area contributed by atoms with Gasteiger partial charge >= 0.3 is 5.69 Å². The van der Waals surface area contributed by atoms with Gasteiger partial charge in [-0.05, 0) is 38.4 Å². The molecule has 1 unspecified atom stereocenters. The van der Waals surface area contributed by atoms with Crippen molar-refractivity contribution in [3.63, 3.8) is 0 Å². The first-order valence-corrected chi connectivity index (χ1v) is 9.06. The van der Waals surface area contributed by atoms with Crippen LogP contribution in [-0.2, 0) is 13.6 Å². The van der Waals surface area contributed by atoms with Gasteiger partial charge in [0.2, 0.25) is 0 Å². The number of para-hydroxylation sites is 1. The number of hydrogen-bond donors (Lipinski definition) is 1. The van der Waals surface area contributed by atoms with E-state index < -0.39 is 0 Å². The molecule has 1 N–H and O–H groups in total. The number of aromatic nitrogens is 5. The molecule has 1 atom stereocenters. The van der Waals surface area contributed by atoms with E-state index in [9.17, 15) is 4.79 Å². The number of piperidine rings is 1. The number of imidazole rings is 1. The fraction of sp³-hybridized carbons (Fsp3) is 0.421. The number of hydrogen-bond acceptors (Lipinski definition) is 4. The van der Waals surface area contributed by atoms with Crippen molar-refractivity contribution in [2.45, 2.75) is 32.2 Å². The molecule has 2 aromatic heterocycles. The molecule has 3 heterocycles. The Balaban J connectivity index is 1.57. The first-order valence-electron chi connectivity index (χ1n) is 9.06. The average Bonchev–Trinajstić information content (AvgIpc) is 3.20. The molecule has 0 saturated carbocycles. The summed E-state index contributed by atoms with van der Waals surface area (Å²) in [6.07, 6.45) is 4.09. The molecular formula is C19H24N6O. The second-order valence-electron chi connectivity index (χ2n) is 6.99. The molecule has 7 nitrogen and oxygen atoms in total. The maximum Gasteiger partial charge on any atom is 0.347 e. The lowest BCUT2D eigenvalue weighted by molar-refractivity contribution is 0.192. The van der Waals surface area contributed by atoms with E-state index in [0.29, 0.717) is 0 Å². The van der Waals surface area contributed by atoms with Crippen LogP contribution in [0.25, 0.3) is 5.69 Å². The largest absolute Gasteiger partial charge is 0.347 e.